The van der Waals surface area contributed by atoms with E-state index in [1.54, 1.807) is 0 Å². The van der Waals surface area contributed by atoms with Crippen LogP contribution >= 0.6 is 24.0 Å². The fourth-order valence-electron chi connectivity index (χ4n) is 4.21. The van der Waals surface area contributed by atoms with E-state index in [0.717, 1.165) is 73.4 Å². The summed E-state index contributed by atoms with van der Waals surface area (Å²) in [6.45, 7) is 7.26. The van der Waals surface area contributed by atoms with Gasteiger partial charge in [0.2, 0.25) is 0 Å². The normalized spacial score (nSPS) is 20.0. The Morgan fingerprint density at radius 3 is 2.53 bits per heavy atom. The molecule has 0 aliphatic carbocycles. The van der Waals surface area contributed by atoms with Gasteiger partial charge in [-0.05, 0) is 32.5 Å². The Labute approximate surface area is 187 Å². The lowest BCUT2D eigenvalue weighted by Gasteiger charge is -2.33. The number of benzene rings is 1. The van der Waals surface area contributed by atoms with Crippen LogP contribution in [0.2, 0.25) is 5.02 Å². The quantitative estimate of drug-likeness (QED) is 0.609. The van der Waals surface area contributed by atoms with E-state index in [9.17, 15) is 0 Å². The number of rotatable bonds is 3. The van der Waals surface area contributed by atoms with Gasteiger partial charge in [0, 0.05) is 38.3 Å². The zero-order valence-corrected chi connectivity index (χ0v) is 18.8. The summed E-state index contributed by atoms with van der Waals surface area (Å²) in [6, 6.07) is 8.06. The number of hydrogen-bond donors (Lipinski definition) is 0. The second kappa shape index (κ2) is 8.67. The fraction of sp³-hybridized carbons (Fsp3) is 0.476. The van der Waals surface area contributed by atoms with Gasteiger partial charge in [-0.15, -0.1) is 12.4 Å². The van der Waals surface area contributed by atoms with Gasteiger partial charge in [0.15, 0.2) is 17.0 Å². The lowest BCUT2D eigenvalue weighted by atomic mass is 10.2. The summed E-state index contributed by atoms with van der Waals surface area (Å²) in [5.41, 5.74) is 2.64. The lowest BCUT2D eigenvalue weighted by molar-refractivity contribution is 0.187. The minimum Gasteiger partial charge on any atom is -0.379 e. The first-order valence-corrected chi connectivity index (χ1v) is 10.5. The predicted molar refractivity (Wildman–Crippen MR) is 122 cm³/mol. The number of fused-ring (bicyclic) bond motifs is 1. The summed E-state index contributed by atoms with van der Waals surface area (Å²) in [5, 5.41) is 0.689. The Morgan fingerprint density at radius 1 is 1.07 bits per heavy atom. The molecule has 30 heavy (non-hydrogen) atoms. The van der Waals surface area contributed by atoms with Crippen molar-refractivity contribution >= 4 is 41.0 Å². The van der Waals surface area contributed by atoms with Crippen molar-refractivity contribution < 1.29 is 4.74 Å². The van der Waals surface area contributed by atoms with Crippen molar-refractivity contribution in [1.82, 2.24) is 24.4 Å². The molecule has 1 atom stereocenters. The molecular weight excluding hydrogens is 423 g/mol. The van der Waals surface area contributed by atoms with E-state index < -0.39 is 0 Å². The SMILES string of the molecule is Cc1nc(N2CCN(C)CC2)c2nc(-c3ccccc3Cl)n([C@H]3CCOC3)c2n1.Cl. The number of hydrogen-bond acceptors (Lipinski definition) is 6. The number of aromatic nitrogens is 4. The van der Waals surface area contributed by atoms with E-state index in [1.807, 2.05) is 31.2 Å². The van der Waals surface area contributed by atoms with Crippen molar-refractivity contribution in [3.05, 3.63) is 35.1 Å². The summed E-state index contributed by atoms with van der Waals surface area (Å²) in [7, 11) is 2.16. The van der Waals surface area contributed by atoms with Crippen molar-refractivity contribution in [3.63, 3.8) is 0 Å². The van der Waals surface area contributed by atoms with Crippen molar-refractivity contribution in [2.45, 2.75) is 19.4 Å². The van der Waals surface area contributed by atoms with Crippen molar-refractivity contribution in [3.8, 4) is 11.4 Å². The number of aryl methyl sites for hydroxylation is 1. The summed E-state index contributed by atoms with van der Waals surface area (Å²) < 4.78 is 7.92. The molecule has 2 aliphatic heterocycles. The zero-order chi connectivity index (χ0) is 20.0. The minimum absolute atomic E-state index is 0. The van der Waals surface area contributed by atoms with Crippen molar-refractivity contribution in [1.29, 1.82) is 0 Å². The molecule has 0 bridgehead atoms. The first-order valence-electron chi connectivity index (χ1n) is 10.1. The Balaban J connectivity index is 0.00000218. The molecule has 0 radical (unpaired) electrons. The minimum atomic E-state index is 0. The van der Waals surface area contributed by atoms with Crippen molar-refractivity contribution in [2.75, 3.05) is 51.3 Å². The third kappa shape index (κ3) is 3.75. The Morgan fingerprint density at radius 2 is 1.83 bits per heavy atom. The predicted octanol–water partition coefficient (Wildman–Crippen LogP) is 3.59. The molecule has 7 nitrogen and oxygen atoms in total. The first kappa shape index (κ1) is 21.3. The molecule has 1 aromatic carbocycles. The summed E-state index contributed by atoms with van der Waals surface area (Å²) in [6.07, 6.45) is 0.940. The van der Waals surface area contributed by atoms with Gasteiger partial charge in [-0.1, -0.05) is 23.7 Å². The number of likely N-dealkylation sites (N-methyl/N-ethyl adjacent to an activating group) is 1. The van der Waals surface area contributed by atoms with Gasteiger partial charge in [0.1, 0.15) is 11.6 Å². The topological polar surface area (TPSA) is 59.3 Å². The number of imidazole rings is 1. The molecular formula is C21H26Cl2N6O. The van der Waals surface area contributed by atoms with Gasteiger partial charge in [0.25, 0.3) is 0 Å². The molecule has 0 unspecified atom stereocenters. The van der Waals surface area contributed by atoms with Crippen LogP contribution < -0.4 is 4.90 Å². The van der Waals surface area contributed by atoms with Crippen LogP contribution in [0.4, 0.5) is 5.82 Å². The highest BCUT2D eigenvalue weighted by Gasteiger charge is 2.29. The Kier molecular flexibility index (Phi) is 6.16. The van der Waals surface area contributed by atoms with Crippen LogP contribution in [0.1, 0.15) is 18.3 Å². The van der Waals surface area contributed by atoms with Gasteiger partial charge < -0.3 is 19.1 Å². The fourth-order valence-corrected chi connectivity index (χ4v) is 4.43. The Hall–Kier alpha value is -1.93. The molecule has 2 saturated heterocycles. The molecule has 0 amide bonds. The second-order valence-corrected chi connectivity index (χ2v) is 8.27. The van der Waals surface area contributed by atoms with Crippen LogP contribution in [0, 0.1) is 6.92 Å². The van der Waals surface area contributed by atoms with E-state index >= 15 is 0 Å². The lowest BCUT2D eigenvalue weighted by Crippen LogP contribution is -2.45. The van der Waals surface area contributed by atoms with Gasteiger partial charge in [-0.25, -0.2) is 15.0 Å². The van der Waals surface area contributed by atoms with E-state index in [2.05, 4.69) is 21.4 Å². The van der Waals surface area contributed by atoms with E-state index in [4.69, 9.17) is 31.3 Å². The highest BCUT2D eigenvalue weighted by Crippen LogP contribution is 2.36. The van der Waals surface area contributed by atoms with Crippen LogP contribution in [-0.2, 0) is 4.74 Å². The monoisotopic (exact) mass is 448 g/mol. The van der Waals surface area contributed by atoms with Gasteiger partial charge >= 0.3 is 0 Å². The van der Waals surface area contributed by atoms with Crippen LogP contribution in [0.5, 0.6) is 0 Å². The highest BCUT2D eigenvalue weighted by molar-refractivity contribution is 6.33. The number of anilines is 1. The molecule has 2 fully saturated rings. The summed E-state index contributed by atoms with van der Waals surface area (Å²) >= 11 is 6.56. The molecule has 2 aliphatic rings. The molecule has 3 aromatic rings. The zero-order valence-electron chi connectivity index (χ0n) is 17.2. The van der Waals surface area contributed by atoms with Crippen LogP contribution in [-0.4, -0.2) is 70.9 Å². The van der Waals surface area contributed by atoms with E-state index in [1.165, 1.54) is 0 Å². The molecule has 2 aromatic heterocycles. The molecule has 0 saturated carbocycles. The van der Waals surface area contributed by atoms with E-state index in [-0.39, 0.29) is 18.4 Å². The average molecular weight is 449 g/mol. The smallest absolute Gasteiger partial charge is 0.166 e. The first-order chi connectivity index (χ1) is 14.1. The third-order valence-corrected chi connectivity index (χ3v) is 6.15. The van der Waals surface area contributed by atoms with Gasteiger partial charge in [-0.3, -0.25) is 0 Å². The Bertz CT molecular complexity index is 1040. The third-order valence-electron chi connectivity index (χ3n) is 5.82. The largest absolute Gasteiger partial charge is 0.379 e. The maximum atomic E-state index is 6.56. The molecule has 0 spiro atoms. The average Bonchev–Trinajstić information content (AvgIpc) is 3.36. The summed E-state index contributed by atoms with van der Waals surface area (Å²) in [4.78, 5) is 19.4. The number of ether oxygens (including phenoxy) is 1. The maximum absolute atomic E-state index is 6.56. The molecule has 9 heteroatoms. The van der Waals surface area contributed by atoms with E-state index in [0.29, 0.717) is 11.6 Å². The molecule has 4 heterocycles. The number of nitrogens with zero attached hydrogens (tertiary/aromatic N) is 6. The molecule has 0 N–H and O–H groups in total. The second-order valence-electron chi connectivity index (χ2n) is 7.86. The van der Waals surface area contributed by atoms with Crippen LogP contribution in [0.3, 0.4) is 0 Å². The van der Waals surface area contributed by atoms with Crippen LogP contribution in [0.25, 0.3) is 22.6 Å². The van der Waals surface area contributed by atoms with Gasteiger partial charge in [0.05, 0.1) is 17.7 Å². The van der Waals surface area contributed by atoms with Crippen LogP contribution in [0.15, 0.2) is 24.3 Å². The molecule has 160 valence electrons. The van der Waals surface area contributed by atoms with Crippen molar-refractivity contribution in [2.24, 2.45) is 0 Å². The van der Waals surface area contributed by atoms with Gasteiger partial charge in [-0.2, -0.15) is 0 Å². The number of halogens is 2. The highest BCUT2D eigenvalue weighted by atomic mass is 35.5. The number of piperazine rings is 1. The maximum Gasteiger partial charge on any atom is 0.166 e. The standard InChI is InChI=1S/C21H25ClN6O.ClH/c1-14-23-20(27-10-8-26(2)9-11-27)18-21(24-14)28(15-7-12-29-13-15)19(25-18)16-5-3-4-6-17(16)22;/h3-6,15H,7-13H2,1-2H3;1H/t15-;/m0./s1. The summed E-state index contributed by atoms with van der Waals surface area (Å²) in [5.74, 6) is 2.53. The molecule has 5 rings (SSSR count).